The molecule has 5 amide bonds. The fraction of sp³-hybridized carbons (Fsp3) is 0.365. The van der Waals surface area contributed by atoms with Gasteiger partial charge in [-0.2, -0.15) is 0 Å². The van der Waals surface area contributed by atoms with Crippen LogP contribution in [0.2, 0.25) is 5.02 Å². The van der Waals surface area contributed by atoms with Gasteiger partial charge in [0.2, 0.25) is 23.6 Å². The molecule has 5 fully saturated rings. The lowest BCUT2D eigenvalue weighted by atomic mass is 9.90. The number of hydrogen-bond acceptors (Lipinski definition) is 19. The van der Waals surface area contributed by atoms with Crippen LogP contribution < -0.4 is 30.7 Å². The van der Waals surface area contributed by atoms with Crippen LogP contribution in [0.15, 0.2) is 170 Å². The van der Waals surface area contributed by atoms with Gasteiger partial charge in [-0.15, -0.1) is 0 Å². The van der Waals surface area contributed by atoms with Gasteiger partial charge in [-0.3, -0.25) is 64.1 Å². The Balaban J connectivity index is 0.000000145. The fourth-order valence-corrected chi connectivity index (χ4v) is 16.2. The lowest BCUT2D eigenvalue weighted by Crippen LogP contribution is -2.51. The number of likely N-dealkylation sites (N-methyl/N-ethyl adjacent to an activating group) is 1. The Morgan fingerprint density at radius 1 is 0.564 bits per heavy atom. The average molecular weight is 1510 g/mol. The predicted octanol–water partition coefficient (Wildman–Crippen LogP) is 11.0. The summed E-state index contributed by atoms with van der Waals surface area (Å²) < 4.78 is 29.4. The van der Waals surface area contributed by atoms with Crippen molar-refractivity contribution in [2.24, 2.45) is 28.6 Å². The van der Waals surface area contributed by atoms with Crippen molar-refractivity contribution in [2.45, 2.75) is 116 Å². The van der Waals surface area contributed by atoms with Crippen molar-refractivity contribution >= 4 is 74.9 Å². The Hall–Kier alpha value is -10.9. The van der Waals surface area contributed by atoms with Crippen molar-refractivity contribution in [3.05, 3.63) is 237 Å². The van der Waals surface area contributed by atoms with Gasteiger partial charge < -0.3 is 38.4 Å². The number of nitrogens with zero attached hydrogens (tertiary/aromatic N) is 6. The lowest BCUT2D eigenvalue weighted by Gasteiger charge is -2.35. The molecule has 3 aromatic heterocycles. The van der Waals surface area contributed by atoms with E-state index in [4.69, 9.17) is 45.7 Å². The maximum absolute atomic E-state index is 13.7. The molecule has 4 aliphatic carbocycles. The minimum Gasteiger partial charge on any atom is -0.489 e. The van der Waals surface area contributed by atoms with E-state index in [1.54, 1.807) is 36.5 Å². The van der Waals surface area contributed by atoms with Gasteiger partial charge in [0.15, 0.2) is 6.10 Å². The summed E-state index contributed by atoms with van der Waals surface area (Å²) in [6, 6.07) is 51.6. The Morgan fingerprint density at radius 2 is 1.13 bits per heavy atom. The van der Waals surface area contributed by atoms with Gasteiger partial charge in [0.1, 0.15) is 36.5 Å². The van der Waals surface area contributed by atoms with Crippen LogP contribution in [0.25, 0.3) is 21.8 Å². The number of halogens is 1. The standard InChI is InChI=1S/C30H33N3O6.C28H27ClN2O5.C27H30N4O4/c1-3-38-29(36)30(17-24(30)28(35)33-14-6-9-26(33)27(34)32-37)16-20-10-12-22(13-11-20)39-18-21-15-19(2)31-25-8-5-4-7-23(21)25;1-2-35-27(33)28(16-23(28)26(32)31-34)15-17-5-10-21(11-6-17)36-25-22-12-9-20(29)14-19(22)8-7-18-4-3-13-30-24(18)25;1-18-14-19(22-8-3-4-9-24(22)28-18)17-35-21-7-5-6-20(15-21)27(16-23(27)25(32)29-34)26(33)31-12-10-30(2)11-13-31/h4-5,7-8,10-13,15,24,26,37H,3,6,9,14,16-18H2,1-2H3,(H,32,34);3-6,9-14,23,25,34H,2,7-8,15-16H2,1H3,(H,31,32);3-9,14-15,23,34H,10-13,16-17H2,1-2H3,(H,29,32)/t24-,26+,30+;23-,25?,28+;23-,27-/m110/s1. The third kappa shape index (κ3) is 16.5. The van der Waals surface area contributed by atoms with Gasteiger partial charge in [-0.05, 0) is 199 Å². The number of hydrogen-bond donors (Lipinski definition) is 6. The van der Waals surface area contributed by atoms with Crippen molar-refractivity contribution in [1.82, 2.24) is 46.1 Å². The summed E-state index contributed by atoms with van der Waals surface area (Å²) in [4.78, 5) is 109. The minimum absolute atomic E-state index is 0.0629. The summed E-state index contributed by atoms with van der Waals surface area (Å²) in [5, 5.41) is 30.2. The van der Waals surface area contributed by atoms with Crippen molar-refractivity contribution in [2.75, 3.05) is 53.0 Å². The number of amides is 5. The number of rotatable bonds is 22. The molecule has 24 nitrogen and oxygen atoms in total. The van der Waals surface area contributed by atoms with E-state index in [1.165, 1.54) is 4.90 Å². The molecule has 0 bridgehead atoms. The smallest absolute Gasteiger partial charge is 0.313 e. The summed E-state index contributed by atoms with van der Waals surface area (Å²) >= 11 is 6.28. The van der Waals surface area contributed by atoms with Gasteiger partial charge in [0.25, 0.3) is 5.91 Å². The molecule has 6 N–H and O–H groups in total. The molecular formula is C85H90ClN9O15. The number of likely N-dealkylation sites (tertiary alicyclic amines) is 1. The third-order valence-corrected chi connectivity index (χ3v) is 22.3. The molecule has 2 aliphatic heterocycles. The van der Waals surface area contributed by atoms with Crippen molar-refractivity contribution in [3.8, 4) is 17.2 Å². The van der Waals surface area contributed by atoms with E-state index in [1.807, 2.05) is 184 Å². The molecule has 1 unspecified atom stereocenters. The Morgan fingerprint density at radius 3 is 1.74 bits per heavy atom. The quantitative estimate of drug-likeness (QED) is 0.0209. The van der Waals surface area contributed by atoms with E-state index in [0.29, 0.717) is 100 Å². The number of piperazine rings is 1. The highest BCUT2D eigenvalue weighted by molar-refractivity contribution is 6.30. The molecule has 15 rings (SSSR count). The molecule has 6 aliphatic rings. The maximum atomic E-state index is 13.7. The topological polar surface area (TPSA) is 311 Å². The Bertz CT molecular complexity index is 4930. The number of para-hydroxylation sites is 2. The third-order valence-electron chi connectivity index (χ3n) is 22.1. The van der Waals surface area contributed by atoms with E-state index in [2.05, 4.69) is 25.9 Å². The van der Waals surface area contributed by atoms with Crippen LogP contribution in [0.5, 0.6) is 17.2 Å². The zero-order valence-corrected chi connectivity index (χ0v) is 62.8. The number of ether oxygens (including phenoxy) is 5. The molecule has 572 valence electrons. The van der Waals surface area contributed by atoms with Gasteiger partial charge in [0, 0.05) is 82.8 Å². The highest BCUT2D eigenvalue weighted by Gasteiger charge is 2.67. The number of aryl methyl sites for hydroxylation is 4. The number of benzene rings is 6. The monoisotopic (exact) mass is 1510 g/mol. The Labute approximate surface area is 642 Å². The molecular weight excluding hydrogens is 1420 g/mol. The normalized spacial score (nSPS) is 22.0. The lowest BCUT2D eigenvalue weighted by molar-refractivity contribution is -0.153. The molecule has 110 heavy (non-hydrogen) atoms. The van der Waals surface area contributed by atoms with Gasteiger partial charge in [-0.1, -0.05) is 96.5 Å². The first-order chi connectivity index (χ1) is 53.2. The largest absolute Gasteiger partial charge is 0.489 e. The molecule has 0 spiro atoms. The summed E-state index contributed by atoms with van der Waals surface area (Å²) in [6.45, 7) is 11.8. The van der Waals surface area contributed by atoms with E-state index in [0.717, 1.165) is 109 Å². The van der Waals surface area contributed by atoms with Crippen molar-refractivity contribution in [1.29, 1.82) is 0 Å². The first-order valence-electron chi connectivity index (χ1n) is 37.3. The number of hydroxylamine groups is 3. The highest BCUT2D eigenvalue weighted by atomic mass is 35.5. The van der Waals surface area contributed by atoms with E-state index in [-0.39, 0.29) is 31.1 Å². The zero-order chi connectivity index (χ0) is 77.4. The first-order valence-corrected chi connectivity index (χ1v) is 37.7. The van der Waals surface area contributed by atoms with Crippen LogP contribution in [0.1, 0.15) is 114 Å². The summed E-state index contributed by atoms with van der Waals surface area (Å²) in [5.74, 6) is -2.63. The highest BCUT2D eigenvalue weighted by Crippen LogP contribution is 2.59. The number of fused-ring (bicyclic) bond motifs is 4. The SMILES string of the molecule is CCOC(=O)[C@@]1(Cc2ccc(OC3c4ccc(Cl)cc4CCc4cccnc43)cc2)C[C@@H]1C(=O)NO.CCOC(=O)[C@@]1(Cc2ccc(OCc3cc(C)nc4ccccc34)cc2)C[C@@H]1C(=O)N1CCC[C@H]1C(=O)NO.Cc1cc(COc2cccc([C@@]3(C(=O)N4CCN(C)CC4)C[C@H]3C(=O)NO)c2)c2ccccc2n1. The van der Waals surface area contributed by atoms with Crippen molar-refractivity contribution in [3.63, 3.8) is 0 Å². The molecule has 3 saturated carbocycles. The number of nitrogens with one attached hydrogen (secondary N) is 3. The molecule has 9 aromatic rings. The molecule has 5 heterocycles. The Kier molecular flexibility index (Phi) is 23.6. The number of esters is 2. The predicted molar refractivity (Wildman–Crippen MR) is 407 cm³/mol. The average Bonchev–Trinajstić information content (AvgIpc) is 1.63. The molecule has 0 radical (unpaired) electrons. The van der Waals surface area contributed by atoms with Crippen LogP contribution in [-0.2, 0) is 87.3 Å². The molecule has 6 aromatic carbocycles. The number of pyridine rings is 3. The summed E-state index contributed by atoms with van der Waals surface area (Å²) in [5.41, 5.74) is 14.6. The van der Waals surface area contributed by atoms with E-state index < -0.39 is 69.7 Å². The van der Waals surface area contributed by atoms with Crippen LogP contribution in [0.3, 0.4) is 0 Å². The number of carbonyl (C=O) groups is 7. The second-order valence-corrected chi connectivity index (χ2v) is 29.7. The molecule has 25 heteroatoms. The van der Waals surface area contributed by atoms with E-state index in [9.17, 15) is 38.8 Å². The molecule has 8 atom stereocenters. The van der Waals surface area contributed by atoms with Gasteiger partial charge in [0.05, 0.1) is 63.9 Å². The second-order valence-electron chi connectivity index (χ2n) is 29.2. The van der Waals surface area contributed by atoms with Crippen LogP contribution in [-0.4, -0.2) is 146 Å². The molecule has 2 saturated heterocycles. The minimum atomic E-state index is -0.984. The summed E-state index contributed by atoms with van der Waals surface area (Å²) in [6.07, 6.45) is 5.99. The summed E-state index contributed by atoms with van der Waals surface area (Å²) in [7, 11) is 2.03. The van der Waals surface area contributed by atoms with Crippen LogP contribution in [0, 0.1) is 42.4 Å². The maximum Gasteiger partial charge on any atom is 0.313 e. The van der Waals surface area contributed by atoms with E-state index >= 15 is 0 Å². The number of carbonyl (C=O) groups excluding carboxylic acids is 7. The van der Waals surface area contributed by atoms with Crippen LogP contribution in [0.4, 0.5) is 0 Å². The van der Waals surface area contributed by atoms with Crippen LogP contribution >= 0.6 is 11.6 Å². The van der Waals surface area contributed by atoms with Crippen molar-refractivity contribution < 1.29 is 72.9 Å². The number of aromatic nitrogens is 3. The zero-order valence-electron chi connectivity index (χ0n) is 62.1. The second kappa shape index (κ2) is 33.5. The van der Waals surface area contributed by atoms with Gasteiger partial charge in [-0.25, -0.2) is 16.4 Å². The first kappa shape index (κ1) is 77.3. The fourth-order valence-electron chi connectivity index (χ4n) is 16.0. The van der Waals surface area contributed by atoms with Gasteiger partial charge >= 0.3 is 11.9 Å².